The predicted molar refractivity (Wildman–Crippen MR) is 216 cm³/mol. The fourth-order valence-corrected chi connectivity index (χ4v) is 9.28. The van der Waals surface area contributed by atoms with E-state index >= 15 is 0 Å². The highest BCUT2D eigenvalue weighted by Crippen LogP contribution is 2.49. The fourth-order valence-electron chi connectivity index (χ4n) is 8.72. The van der Waals surface area contributed by atoms with Crippen molar-refractivity contribution < 1.29 is 17.5 Å². The number of hydrogen-bond acceptors (Lipinski definition) is 3. The molecule has 6 heteroatoms. The van der Waals surface area contributed by atoms with Gasteiger partial charge in [-0.2, -0.15) is 13.0 Å². The van der Waals surface area contributed by atoms with Gasteiger partial charge in [-0.3, -0.25) is 4.55 Å². The molecule has 0 radical (unpaired) electrons. The highest BCUT2D eigenvalue weighted by molar-refractivity contribution is 7.85. The number of aryl methyl sites for hydroxylation is 2. The van der Waals surface area contributed by atoms with Gasteiger partial charge in [0, 0.05) is 47.5 Å². The number of nitrogens with zero attached hydrogens (tertiary/aromatic N) is 2. The second-order valence-corrected chi connectivity index (χ2v) is 18.8. The Balaban J connectivity index is 1.56. The molecule has 5 nitrogen and oxygen atoms in total. The third kappa shape index (κ3) is 8.38. The Bertz CT molecular complexity index is 1910. The summed E-state index contributed by atoms with van der Waals surface area (Å²) in [6, 6.07) is 13.6. The van der Waals surface area contributed by atoms with Crippen LogP contribution < -0.4 is 4.90 Å². The lowest BCUT2D eigenvalue weighted by Gasteiger charge is -2.32. The van der Waals surface area contributed by atoms with Crippen LogP contribution in [0, 0.1) is 19.3 Å². The Morgan fingerprint density at radius 3 is 2.22 bits per heavy atom. The van der Waals surface area contributed by atoms with Crippen molar-refractivity contribution in [1.82, 2.24) is 0 Å². The maximum absolute atomic E-state index is 11.4. The van der Waals surface area contributed by atoms with Crippen LogP contribution in [-0.4, -0.2) is 42.1 Å². The van der Waals surface area contributed by atoms with Crippen molar-refractivity contribution in [2.75, 3.05) is 23.7 Å². The molecule has 0 unspecified atom stereocenters. The summed E-state index contributed by atoms with van der Waals surface area (Å²) in [5, 5.41) is 0. The van der Waals surface area contributed by atoms with Crippen molar-refractivity contribution in [2.45, 2.75) is 131 Å². The van der Waals surface area contributed by atoms with E-state index in [2.05, 4.69) is 139 Å². The first-order chi connectivity index (χ1) is 23.9. The highest BCUT2D eigenvalue weighted by Gasteiger charge is 2.44. The molecule has 0 saturated carbocycles. The topological polar surface area (TPSA) is 60.6 Å². The van der Waals surface area contributed by atoms with Crippen LogP contribution in [0.25, 0.3) is 0 Å². The highest BCUT2D eigenvalue weighted by atomic mass is 32.2. The summed E-state index contributed by atoms with van der Waals surface area (Å²) >= 11 is 0. The van der Waals surface area contributed by atoms with Crippen molar-refractivity contribution in [2.24, 2.45) is 5.41 Å². The largest absolute Gasteiger partial charge is 0.344 e. The first-order valence-corrected chi connectivity index (χ1v) is 20.9. The summed E-state index contributed by atoms with van der Waals surface area (Å²) in [7, 11) is -3.97. The second kappa shape index (κ2) is 15.0. The lowest BCUT2D eigenvalue weighted by atomic mass is 9.73. The van der Waals surface area contributed by atoms with Crippen LogP contribution in [0.4, 0.5) is 11.4 Å². The molecule has 0 spiro atoms. The molecule has 3 aliphatic rings. The van der Waals surface area contributed by atoms with Crippen molar-refractivity contribution in [3.63, 3.8) is 0 Å². The number of anilines is 1. The Morgan fingerprint density at radius 1 is 0.863 bits per heavy atom. The molecule has 2 heterocycles. The molecule has 276 valence electrons. The lowest BCUT2D eigenvalue weighted by molar-refractivity contribution is -0.438. The molecule has 2 aromatic rings. The predicted octanol–water partition coefficient (Wildman–Crippen LogP) is 11.2. The molecule has 0 atom stereocenters. The van der Waals surface area contributed by atoms with Gasteiger partial charge in [0.2, 0.25) is 5.69 Å². The van der Waals surface area contributed by atoms with E-state index in [0.717, 1.165) is 25.8 Å². The van der Waals surface area contributed by atoms with Gasteiger partial charge in [-0.15, -0.1) is 0 Å². The SMILES string of the molecule is CCCCC[N+]1=C(C=CC2=C(C(C)(C)C)C(=CC=C3N(CCCCS(=O)(=O)O)c4ccc(C)cc4C3(C)C)CCC2)C(C)(C)c2cc(C)ccc21. The average molecular weight is 712 g/mol. The van der Waals surface area contributed by atoms with E-state index in [1.54, 1.807) is 0 Å². The Hall–Kier alpha value is -3.22. The van der Waals surface area contributed by atoms with E-state index in [9.17, 15) is 13.0 Å². The summed E-state index contributed by atoms with van der Waals surface area (Å²) < 4.78 is 34.8. The number of benzene rings is 2. The van der Waals surface area contributed by atoms with E-state index in [-0.39, 0.29) is 22.0 Å². The second-order valence-electron chi connectivity index (χ2n) is 17.3. The first-order valence-electron chi connectivity index (χ1n) is 19.3. The van der Waals surface area contributed by atoms with Crippen LogP contribution >= 0.6 is 0 Å². The zero-order chi connectivity index (χ0) is 37.4. The van der Waals surface area contributed by atoms with E-state index in [0.29, 0.717) is 19.4 Å². The van der Waals surface area contributed by atoms with E-state index in [1.807, 2.05) is 0 Å². The van der Waals surface area contributed by atoms with Gasteiger partial charge < -0.3 is 4.90 Å². The molecule has 2 aromatic carbocycles. The summed E-state index contributed by atoms with van der Waals surface area (Å²) in [6.45, 7) is 24.8. The van der Waals surface area contributed by atoms with E-state index in [4.69, 9.17) is 0 Å². The smallest absolute Gasteiger partial charge is 0.264 e. The maximum atomic E-state index is 11.4. The van der Waals surface area contributed by atoms with Crippen molar-refractivity contribution in [1.29, 1.82) is 0 Å². The molecule has 0 aromatic heterocycles. The molecule has 0 saturated heterocycles. The molecule has 0 fully saturated rings. The normalized spacial score (nSPS) is 20.3. The molecule has 51 heavy (non-hydrogen) atoms. The first kappa shape index (κ1) is 39.0. The third-order valence-corrected chi connectivity index (χ3v) is 12.1. The van der Waals surface area contributed by atoms with Gasteiger partial charge in [0.1, 0.15) is 6.54 Å². The van der Waals surface area contributed by atoms with Crippen LogP contribution in [0.3, 0.4) is 0 Å². The molecule has 2 aliphatic heterocycles. The van der Waals surface area contributed by atoms with Gasteiger partial charge >= 0.3 is 0 Å². The number of fused-ring (bicyclic) bond motifs is 2. The number of unbranched alkanes of at least 4 members (excludes halogenated alkanes) is 3. The molecule has 1 N–H and O–H groups in total. The number of allylic oxidation sites excluding steroid dienone is 8. The zero-order valence-corrected chi connectivity index (χ0v) is 33.9. The fraction of sp³-hybridized carbons (Fsp3) is 0.533. The standard InChI is InChI=1S/C45H62N2O3S/c1-11-12-13-27-46-38-23-19-32(2)30-36(38)44(7,8)40(46)25-21-34-17-16-18-35(42(34)43(4,5)6)22-26-41-45(9,10)37-31-33(3)20-24-39(37)47(41)28-14-15-29-51(48,49)50/h19-26,30-31H,11-18,27-29H2,1-10H3/p+1. The van der Waals surface area contributed by atoms with E-state index < -0.39 is 10.1 Å². The molecule has 1 aliphatic carbocycles. The van der Waals surface area contributed by atoms with Crippen LogP contribution in [0.2, 0.25) is 0 Å². The Labute approximate surface area is 309 Å². The van der Waals surface area contributed by atoms with Crippen LogP contribution in [-0.2, 0) is 20.9 Å². The summed E-state index contributed by atoms with van der Waals surface area (Å²) in [4.78, 5) is 2.38. The molecular formula is C45H63N2O3S+. The summed E-state index contributed by atoms with van der Waals surface area (Å²) in [5.41, 5.74) is 14.5. The van der Waals surface area contributed by atoms with Crippen LogP contribution in [0.1, 0.15) is 129 Å². The molecular weight excluding hydrogens is 649 g/mol. The van der Waals surface area contributed by atoms with E-state index in [1.165, 1.54) is 81.0 Å². The van der Waals surface area contributed by atoms with Gasteiger partial charge in [-0.25, -0.2) is 0 Å². The van der Waals surface area contributed by atoms with Crippen molar-refractivity contribution >= 4 is 27.2 Å². The number of hydrogen-bond donors (Lipinski definition) is 1. The molecule has 0 amide bonds. The van der Waals surface area contributed by atoms with Gasteiger partial charge in [-0.1, -0.05) is 89.4 Å². The van der Waals surface area contributed by atoms with Crippen molar-refractivity contribution in [3.8, 4) is 0 Å². The van der Waals surface area contributed by atoms with Gasteiger partial charge in [0.25, 0.3) is 10.1 Å². The van der Waals surface area contributed by atoms with Crippen LogP contribution in [0.5, 0.6) is 0 Å². The average Bonchev–Trinajstić information content (AvgIpc) is 3.37. The minimum Gasteiger partial charge on any atom is -0.344 e. The Morgan fingerprint density at radius 2 is 1.55 bits per heavy atom. The van der Waals surface area contributed by atoms with Gasteiger partial charge in [0.15, 0.2) is 5.71 Å². The molecule has 0 bridgehead atoms. The Kier molecular flexibility index (Phi) is 11.5. The minimum absolute atomic E-state index is 0.0259. The number of rotatable bonds is 12. The van der Waals surface area contributed by atoms with Gasteiger partial charge in [-0.05, 0) is 112 Å². The summed E-state index contributed by atoms with van der Waals surface area (Å²) in [6.07, 6.45) is 17.6. The molecule has 5 rings (SSSR count). The minimum atomic E-state index is -3.97. The summed E-state index contributed by atoms with van der Waals surface area (Å²) in [5.74, 6) is -0.206. The zero-order valence-electron chi connectivity index (χ0n) is 33.1. The lowest BCUT2D eigenvalue weighted by Crippen LogP contribution is -2.28. The van der Waals surface area contributed by atoms with Crippen LogP contribution in [0.15, 0.2) is 83.1 Å². The third-order valence-electron chi connectivity index (χ3n) is 11.3. The van der Waals surface area contributed by atoms with Crippen molar-refractivity contribution in [3.05, 3.63) is 105 Å². The monoisotopic (exact) mass is 711 g/mol. The van der Waals surface area contributed by atoms with Gasteiger partial charge in [0.05, 0.1) is 11.2 Å². The quantitative estimate of drug-likeness (QED) is 0.135. The maximum Gasteiger partial charge on any atom is 0.264 e.